The van der Waals surface area contributed by atoms with Gasteiger partial charge in [0.05, 0.1) is 8.67 Å². The highest BCUT2D eigenvalue weighted by molar-refractivity contribution is 7.20. The van der Waals surface area contributed by atoms with Crippen molar-refractivity contribution in [2.75, 3.05) is 0 Å². The van der Waals surface area contributed by atoms with Gasteiger partial charge in [0.2, 0.25) is 0 Å². The first-order valence-electron chi connectivity index (χ1n) is 5.01. The van der Waals surface area contributed by atoms with Crippen molar-refractivity contribution in [1.29, 1.82) is 0 Å². The first-order valence-corrected chi connectivity index (χ1v) is 6.96. The van der Waals surface area contributed by atoms with Crippen LogP contribution in [0.25, 0.3) is 0 Å². The Morgan fingerprint density at radius 2 is 1.88 bits per heavy atom. The summed E-state index contributed by atoms with van der Waals surface area (Å²) in [5, 5.41) is 0.723. The third kappa shape index (κ3) is 3.15. The van der Waals surface area contributed by atoms with Crippen LogP contribution >= 0.6 is 46.1 Å². The van der Waals surface area contributed by atoms with E-state index in [2.05, 4.69) is 0 Å². The Bertz CT molecular complexity index is 524. The SMILES string of the molecule is NC(Cc1ccccc1Cl)c1cc(Cl)sc1Cl. The number of halogens is 3. The van der Waals surface area contributed by atoms with E-state index in [0.717, 1.165) is 16.1 Å². The van der Waals surface area contributed by atoms with Gasteiger partial charge >= 0.3 is 0 Å². The molecule has 0 spiro atoms. The van der Waals surface area contributed by atoms with Gasteiger partial charge in [0.15, 0.2) is 0 Å². The average Bonchev–Trinajstić information content (AvgIpc) is 2.61. The maximum Gasteiger partial charge on any atom is 0.0992 e. The topological polar surface area (TPSA) is 26.0 Å². The van der Waals surface area contributed by atoms with Crippen molar-refractivity contribution in [3.63, 3.8) is 0 Å². The second kappa shape index (κ2) is 5.59. The Hall–Kier alpha value is -0.250. The molecule has 1 aromatic carbocycles. The summed E-state index contributed by atoms with van der Waals surface area (Å²) in [7, 11) is 0. The molecule has 2 aromatic rings. The van der Waals surface area contributed by atoms with Crippen molar-refractivity contribution in [2.45, 2.75) is 12.5 Å². The summed E-state index contributed by atoms with van der Waals surface area (Å²) in [5.41, 5.74) is 8.01. The zero-order valence-electron chi connectivity index (χ0n) is 8.79. The third-order valence-electron chi connectivity index (χ3n) is 2.48. The summed E-state index contributed by atoms with van der Waals surface area (Å²) in [6.07, 6.45) is 0.645. The third-order valence-corrected chi connectivity index (χ3v) is 4.37. The summed E-state index contributed by atoms with van der Waals surface area (Å²) in [6, 6.07) is 9.28. The van der Waals surface area contributed by atoms with E-state index in [-0.39, 0.29) is 6.04 Å². The van der Waals surface area contributed by atoms with Gasteiger partial charge in [0, 0.05) is 16.6 Å². The molecule has 0 fully saturated rings. The molecule has 0 saturated carbocycles. The Morgan fingerprint density at radius 3 is 2.47 bits per heavy atom. The van der Waals surface area contributed by atoms with Crippen LogP contribution < -0.4 is 5.73 Å². The van der Waals surface area contributed by atoms with Gasteiger partial charge in [-0.25, -0.2) is 0 Å². The Morgan fingerprint density at radius 1 is 1.18 bits per heavy atom. The molecule has 17 heavy (non-hydrogen) atoms. The fourth-order valence-corrected chi connectivity index (χ4v) is 3.43. The molecule has 1 unspecified atom stereocenters. The Labute approximate surface area is 119 Å². The molecule has 90 valence electrons. The molecule has 1 aromatic heterocycles. The average molecular weight is 307 g/mol. The van der Waals surface area contributed by atoms with E-state index >= 15 is 0 Å². The maximum atomic E-state index is 6.12. The van der Waals surface area contributed by atoms with Crippen LogP contribution in [0.2, 0.25) is 13.7 Å². The molecule has 0 amide bonds. The molecule has 0 radical (unpaired) electrons. The molecular formula is C12H10Cl3NS. The van der Waals surface area contributed by atoms with Crippen LogP contribution in [0.15, 0.2) is 30.3 Å². The van der Waals surface area contributed by atoms with Gasteiger partial charge in [-0.2, -0.15) is 0 Å². The number of hydrogen-bond acceptors (Lipinski definition) is 2. The van der Waals surface area contributed by atoms with Crippen molar-refractivity contribution < 1.29 is 0 Å². The Kier molecular flexibility index (Phi) is 4.34. The van der Waals surface area contributed by atoms with Crippen molar-refractivity contribution >= 4 is 46.1 Å². The fourth-order valence-electron chi connectivity index (χ4n) is 1.62. The largest absolute Gasteiger partial charge is 0.324 e. The van der Waals surface area contributed by atoms with E-state index in [1.54, 1.807) is 0 Å². The Balaban J connectivity index is 2.20. The van der Waals surface area contributed by atoms with Gasteiger partial charge in [0.25, 0.3) is 0 Å². The van der Waals surface area contributed by atoms with Crippen LogP contribution in [0.5, 0.6) is 0 Å². The minimum Gasteiger partial charge on any atom is -0.324 e. The number of hydrogen-bond donors (Lipinski definition) is 1. The van der Waals surface area contributed by atoms with Crippen LogP contribution in [0.3, 0.4) is 0 Å². The normalized spacial score (nSPS) is 12.7. The van der Waals surface area contributed by atoms with Gasteiger partial charge in [-0.1, -0.05) is 53.0 Å². The first-order chi connectivity index (χ1) is 8.08. The van der Waals surface area contributed by atoms with Crippen LogP contribution in [0, 0.1) is 0 Å². The fraction of sp³-hybridized carbons (Fsp3) is 0.167. The first kappa shape index (κ1) is 13.2. The van der Waals surface area contributed by atoms with Crippen LogP contribution in [0.4, 0.5) is 0 Å². The van der Waals surface area contributed by atoms with Crippen LogP contribution in [-0.4, -0.2) is 0 Å². The second-order valence-corrected chi connectivity index (χ2v) is 6.37. The lowest BCUT2D eigenvalue weighted by atomic mass is 10.0. The summed E-state index contributed by atoms with van der Waals surface area (Å²) in [4.78, 5) is 0. The van der Waals surface area contributed by atoms with Gasteiger partial charge in [0.1, 0.15) is 0 Å². The molecule has 2 N–H and O–H groups in total. The zero-order chi connectivity index (χ0) is 12.4. The summed E-state index contributed by atoms with van der Waals surface area (Å²) < 4.78 is 1.30. The highest BCUT2D eigenvalue weighted by Gasteiger charge is 2.15. The summed E-state index contributed by atoms with van der Waals surface area (Å²) >= 11 is 19.4. The summed E-state index contributed by atoms with van der Waals surface area (Å²) in [6.45, 7) is 0. The van der Waals surface area contributed by atoms with Gasteiger partial charge < -0.3 is 5.73 Å². The predicted octanol–water partition coefficient (Wildman–Crippen LogP) is 4.95. The molecule has 1 heterocycles. The number of nitrogens with two attached hydrogens (primary N) is 1. The van der Waals surface area contributed by atoms with Gasteiger partial charge in [-0.15, -0.1) is 11.3 Å². The van der Waals surface area contributed by atoms with E-state index in [9.17, 15) is 0 Å². The molecular weight excluding hydrogens is 297 g/mol. The summed E-state index contributed by atoms with van der Waals surface area (Å²) in [5.74, 6) is 0. The van der Waals surface area contributed by atoms with Gasteiger partial charge in [-0.05, 0) is 24.1 Å². The molecule has 0 aliphatic heterocycles. The van der Waals surface area contributed by atoms with E-state index in [4.69, 9.17) is 40.5 Å². The maximum absolute atomic E-state index is 6.12. The lowest BCUT2D eigenvalue weighted by Gasteiger charge is -2.11. The molecule has 0 bridgehead atoms. The number of rotatable bonds is 3. The van der Waals surface area contributed by atoms with E-state index < -0.39 is 0 Å². The lowest BCUT2D eigenvalue weighted by molar-refractivity contribution is 0.725. The van der Waals surface area contributed by atoms with E-state index in [1.165, 1.54) is 11.3 Å². The van der Waals surface area contributed by atoms with Crippen molar-refractivity contribution in [3.05, 3.63) is 55.2 Å². The standard InChI is InChI=1S/C12H10Cl3NS/c13-9-4-2-1-3-7(9)5-10(16)8-6-11(14)17-12(8)15/h1-4,6,10H,5,16H2. The molecule has 0 aliphatic carbocycles. The highest BCUT2D eigenvalue weighted by Crippen LogP contribution is 2.35. The molecule has 1 atom stereocenters. The smallest absolute Gasteiger partial charge is 0.0992 e. The van der Waals surface area contributed by atoms with Crippen molar-refractivity contribution in [2.24, 2.45) is 5.73 Å². The van der Waals surface area contributed by atoms with Crippen LogP contribution in [-0.2, 0) is 6.42 Å². The molecule has 5 heteroatoms. The van der Waals surface area contributed by atoms with Gasteiger partial charge in [-0.3, -0.25) is 0 Å². The minimum absolute atomic E-state index is 0.189. The zero-order valence-corrected chi connectivity index (χ0v) is 11.9. The quantitative estimate of drug-likeness (QED) is 0.853. The van der Waals surface area contributed by atoms with Crippen molar-refractivity contribution in [3.8, 4) is 0 Å². The van der Waals surface area contributed by atoms with Crippen molar-refractivity contribution in [1.82, 2.24) is 0 Å². The van der Waals surface area contributed by atoms with Crippen LogP contribution in [0.1, 0.15) is 17.2 Å². The number of thiophene rings is 1. The molecule has 2 rings (SSSR count). The monoisotopic (exact) mass is 305 g/mol. The number of benzene rings is 1. The molecule has 0 saturated heterocycles. The predicted molar refractivity (Wildman–Crippen MR) is 76.4 cm³/mol. The second-order valence-electron chi connectivity index (χ2n) is 3.68. The molecule has 1 nitrogen and oxygen atoms in total. The van der Waals surface area contributed by atoms with E-state index in [0.29, 0.717) is 15.1 Å². The minimum atomic E-state index is -0.189. The van der Waals surface area contributed by atoms with E-state index in [1.807, 2.05) is 30.3 Å². The highest BCUT2D eigenvalue weighted by atomic mass is 35.5. The molecule has 0 aliphatic rings. The lowest BCUT2D eigenvalue weighted by Crippen LogP contribution is -2.13.